The number of fused-ring (bicyclic) bond motifs is 1. The molecule has 0 fully saturated rings. The Morgan fingerprint density at radius 3 is 2.44 bits per heavy atom. The lowest BCUT2D eigenvalue weighted by molar-refractivity contribution is -0.129. The molecule has 0 saturated heterocycles. The second-order valence-electron chi connectivity index (χ2n) is 8.49. The first-order valence-corrected chi connectivity index (χ1v) is 11.2. The van der Waals surface area contributed by atoms with Gasteiger partial charge < -0.3 is 21.3 Å². The molecule has 4 amide bonds. The smallest absolute Gasteiger partial charge is 0.319 e. The highest BCUT2D eigenvalue weighted by Gasteiger charge is 2.39. The van der Waals surface area contributed by atoms with Crippen molar-refractivity contribution in [2.24, 2.45) is 5.92 Å². The van der Waals surface area contributed by atoms with Gasteiger partial charge in [-0.15, -0.1) is 12.4 Å². The summed E-state index contributed by atoms with van der Waals surface area (Å²) < 4.78 is 0. The molecular formula is C24H33ClN6O3. The van der Waals surface area contributed by atoms with Gasteiger partial charge in [-0.2, -0.15) is 0 Å². The molecule has 1 aliphatic rings. The molecule has 0 spiro atoms. The Morgan fingerprint density at radius 2 is 1.79 bits per heavy atom. The summed E-state index contributed by atoms with van der Waals surface area (Å²) in [4.78, 5) is 44.6. The molecule has 9 nitrogen and oxygen atoms in total. The molecule has 1 aliphatic heterocycles. The van der Waals surface area contributed by atoms with Crippen LogP contribution in [0.25, 0.3) is 0 Å². The van der Waals surface area contributed by atoms with E-state index in [4.69, 9.17) is 0 Å². The molecule has 0 radical (unpaired) electrons. The lowest BCUT2D eigenvalue weighted by atomic mass is 10.0. The molecule has 4 N–H and O–H groups in total. The fourth-order valence-corrected chi connectivity index (χ4v) is 3.75. The minimum Gasteiger partial charge on any atom is -0.343 e. The third-order valence-electron chi connectivity index (χ3n) is 5.74. The van der Waals surface area contributed by atoms with Crippen LogP contribution in [0.3, 0.4) is 0 Å². The van der Waals surface area contributed by atoms with E-state index >= 15 is 0 Å². The van der Waals surface area contributed by atoms with Gasteiger partial charge in [0.2, 0.25) is 5.91 Å². The highest BCUT2D eigenvalue weighted by Crippen LogP contribution is 2.31. The molecule has 1 aromatic carbocycles. The third-order valence-corrected chi connectivity index (χ3v) is 5.74. The first-order valence-electron chi connectivity index (χ1n) is 11.2. The SMILES string of the molecule is CN[C@@H](C)C(=O)N[C@H](C(=O)N1c2ncccc2C[C@H]1CNC(=O)Nc1ccccc1)C(C)C.Cl. The zero-order valence-corrected chi connectivity index (χ0v) is 20.7. The van der Waals surface area contributed by atoms with E-state index in [2.05, 4.69) is 26.3 Å². The van der Waals surface area contributed by atoms with E-state index in [1.807, 2.05) is 44.2 Å². The van der Waals surface area contributed by atoms with Crippen LogP contribution in [-0.2, 0) is 16.0 Å². The molecule has 3 rings (SSSR count). The first kappa shape index (κ1) is 27.1. The van der Waals surface area contributed by atoms with Crippen molar-refractivity contribution in [3.8, 4) is 0 Å². The molecule has 0 unspecified atom stereocenters. The summed E-state index contributed by atoms with van der Waals surface area (Å²) in [7, 11) is 1.69. The number of nitrogens with one attached hydrogen (secondary N) is 4. The topological polar surface area (TPSA) is 115 Å². The van der Waals surface area contributed by atoms with Crippen LogP contribution in [-0.4, -0.2) is 54.5 Å². The monoisotopic (exact) mass is 488 g/mol. The summed E-state index contributed by atoms with van der Waals surface area (Å²) in [6.07, 6.45) is 2.20. The Hall–Kier alpha value is -3.17. The number of hydrogen-bond acceptors (Lipinski definition) is 5. The van der Waals surface area contributed by atoms with Crippen molar-refractivity contribution in [2.45, 2.75) is 45.3 Å². The largest absolute Gasteiger partial charge is 0.343 e. The van der Waals surface area contributed by atoms with Gasteiger partial charge in [-0.05, 0) is 50.1 Å². The van der Waals surface area contributed by atoms with Crippen LogP contribution in [0, 0.1) is 5.92 Å². The fraction of sp³-hybridized carbons (Fsp3) is 0.417. The van der Waals surface area contributed by atoms with E-state index in [1.165, 1.54) is 0 Å². The zero-order chi connectivity index (χ0) is 24.0. The number of nitrogens with zero attached hydrogens (tertiary/aromatic N) is 2. The number of hydrogen-bond donors (Lipinski definition) is 4. The summed E-state index contributed by atoms with van der Waals surface area (Å²) in [6.45, 7) is 5.76. The van der Waals surface area contributed by atoms with Gasteiger partial charge in [-0.1, -0.05) is 38.1 Å². The fourth-order valence-electron chi connectivity index (χ4n) is 3.75. The van der Waals surface area contributed by atoms with E-state index in [1.54, 1.807) is 37.2 Å². The molecular weight excluding hydrogens is 456 g/mol. The lowest BCUT2D eigenvalue weighted by Gasteiger charge is -2.31. The Morgan fingerprint density at radius 1 is 1.09 bits per heavy atom. The van der Waals surface area contributed by atoms with Crippen molar-refractivity contribution in [1.82, 2.24) is 20.9 Å². The van der Waals surface area contributed by atoms with E-state index < -0.39 is 12.1 Å². The van der Waals surface area contributed by atoms with Crippen molar-refractivity contribution in [3.63, 3.8) is 0 Å². The summed E-state index contributed by atoms with van der Waals surface area (Å²) >= 11 is 0. The quantitative estimate of drug-likeness (QED) is 0.455. The summed E-state index contributed by atoms with van der Waals surface area (Å²) in [6, 6.07) is 11.1. The average molecular weight is 489 g/mol. The molecule has 184 valence electrons. The maximum Gasteiger partial charge on any atom is 0.319 e. The van der Waals surface area contributed by atoms with Crippen molar-refractivity contribution >= 4 is 41.8 Å². The maximum absolute atomic E-state index is 13.7. The van der Waals surface area contributed by atoms with Crippen molar-refractivity contribution in [1.29, 1.82) is 0 Å². The Labute approximate surface area is 206 Å². The predicted octanol–water partition coefficient (Wildman–Crippen LogP) is 2.33. The maximum atomic E-state index is 13.7. The van der Waals surface area contributed by atoms with Gasteiger partial charge in [0.15, 0.2) is 0 Å². The number of para-hydroxylation sites is 1. The van der Waals surface area contributed by atoms with Gasteiger partial charge in [0, 0.05) is 18.4 Å². The molecule has 3 atom stereocenters. The number of carbonyl (C=O) groups is 3. The van der Waals surface area contributed by atoms with Crippen LogP contribution in [0.1, 0.15) is 26.3 Å². The summed E-state index contributed by atoms with van der Waals surface area (Å²) in [5.74, 6) is -0.0520. The normalized spacial score (nSPS) is 16.1. The Balaban J connectivity index is 0.00000408. The highest BCUT2D eigenvalue weighted by molar-refractivity contribution is 6.01. The van der Waals surface area contributed by atoms with Crippen LogP contribution in [0.4, 0.5) is 16.3 Å². The Bertz CT molecular complexity index is 988. The predicted molar refractivity (Wildman–Crippen MR) is 135 cm³/mol. The number of benzene rings is 1. The number of urea groups is 1. The third kappa shape index (κ3) is 6.45. The van der Waals surface area contributed by atoms with Crippen molar-refractivity contribution < 1.29 is 14.4 Å². The van der Waals surface area contributed by atoms with Gasteiger partial charge in [-0.3, -0.25) is 14.5 Å². The van der Waals surface area contributed by atoms with Gasteiger partial charge in [-0.25, -0.2) is 9.78 Å². The lowest BCUT2D eigenvalue weighted by Crippen LogP contribution is -2.57. The second kappa shape index (κ2) is 12.3. The van der Waals surface area contributed by atoms with E-state index in [9.17, 15) is 14.4 Å². The van der Waals surface area contributed by atoms with Crippen LogP contribution >= 0.6 is 12.4 Å². The zero-order valence-electron chi connectivity index (χ0n) is 19.9. The molecule has 2 heterocycles. The van der Waals surface area contributed by atoms with Gasteiger partial charge in [0.05, 0.1) is 12.1 Å². The first-order chi connectivity index (χ1) is 15.8. The molecule has 1 aromatic heterocycles. The molecule has 2 aromatic rings. The summed E-state index contributed by atoms with van der Waals surface area (Å²) in [5, 5.41) is 11.4. The van der Waals surface area contributed by atoms with Gasteiger partial charge >= 0.3 is 6.03 Å². The van der Waals surface area contributed by atoms with Gasteiger partial charge in [0.25, 0.3) is 5.91 Å². The second-order valence-corrected chi connectivity index (χ2v) is 8.49. The molecule has 0 saturated carbocycles. The van der Waals surface area contributed by atoms with Crippen molar-refractivity contribution in [3.05, 3.63) is 54.2 Å². The molecule has 0 aliphatic carbocycles. The number of likely N-dealkylation sites (N-methyl/N-ethyl adjacent to an activating group) is 1. The molecule has 10 heteroatoms. The van der Waals surface area contributed by atoms with Crippen LogP contribution < -0.4 is 26.2 Å². The number of aromatic nitrogens is 1. The molecule has 0 bridgehead atoms. The highest BCUT2D eigenvalue weighted by atomic mass is 35.5. The van der Waals surface area contributed by atoms with Gasteiger partial charge in [0.1, 0.15) is 11.9 Å². The minimum absolute atomic E-state index is 0. The van der Waals surface area contributed by atoms with Crippen LogP contribution in [0.15, 0.2) is 48.7 Å². The van der Waals surface area contributed by atoms with E-state index in [0.717, 1.165) is 5.56 Å². The number of halogens is 1. The van der Waals surface area contributed by atoms with Crippen molar-refractivity contribution in [2.75, 3.05) is 23.8 Å². The average Bonchev–Trinajstić information content (AvgIpc) is 3.19. The summed E-state index contributed by atoms with van der Waals surface area (Å²) in [5.41, 5.74) is 1.61. The van der Waals surface area contributed by atoms with E-state index in [0.29, 0.717) is 17.9 Å². The van der Waals surface area contributed by atoms with Crippen LogP contribution in [0.2, 0.25) is 0 Å². The number of pyridine rings is 1. The standard InChI is InChI=1S/C24H32N6O3.ClH/c1-15(2)20(29-22(31)16(3)25-4)23(32)30-19(13-17-9-8-12-26-21(17)30)14-27-24(33)28-18-10-6-5-7-11-18;/h5-12,15-16,19-20,25H,13-14H2,1-4H3,(H,29,31)(H2,27,28,33);1H/t16-,19-,20-;/m0./s1. The molecule has 34 heavy (non-hydrogen) atoms. The number of amides is 4. The number of rotatable bonds is 8. The number of anilines is 2. The Kier molecular flexibility index (Phi) is 9.83. The minimum atomic E-state index is -0.720. The number of carbonyl (C=O) groups excluding carboxylic acids is 3. The van der Waals surface area contributed by atoms with Crippen LogP contribution in [0.5, 0.6) is 0 Å². The van der Waals surface area contributed by atoms with E-state index in [-0.39, 0.29) is 48.8 Å².